The van der Waals surface area contributed by atoms with Crippen molar-refractivity contribution in [2.45, 2.75) is 51.4 Å². The van der Waals surface area contributed by atoms with Crippen LogP contribution < -0.4 is 10.6 Å². The van der Waals surface area contributed by atoms with Gasteiger partial charge in [-0.2, -0.15) is 0 Å². The van der Waals surface area contributed by atoms with Gasteiger partial charge >= 0.3 is 0 Å². The highest BCUT2D eigenvalue weighted by molar-refractivity contribution is 4.80. The minimum absolute atomic E-state index is 0.185. The van der Waals surface area contributed by atoms with Crippen molar-refractivity contribution in [2.24, 2.45) is 5.41 Å². The van der Waals surface area contributed by atoms with Crippen LogP contribution in [0.2, 0.25) is 0 Å². The first-order valence-electron chi connectivity index (χ1n) is 9.91. The fourth-order valence-corrected chi connectivity index (χ4v) is 3.31. The summed E-state index contributed by atoms with van der Waals surface area (Å²) in [6, 6.07) is 0. The van der Waals surface area contributed by atoms with Gasteiger partial charge in [-0.25, -0.2) is 0 Å². The number of nitrogens with one attached hydrogen (secondary N) is 2. The van der Waals surface area contributed by atoms with Crippen LogP contribution in [-0.2, 0) is 9.47 Å². The van der Waals surface area contributed by atoms with Crippen molar-refractivity contribution in [1.82, 2.24) is 10.6 Å². The minimum Gasteiger partial charge on any atom is -0.396 e. The summed E-state index contributed by atoms with van der Waals surface area (Å²) in [7, 11) is 3.85. The molecule has 0 spiro atoms. The van der Waals surface area contributed by atoms with E-state index in [9.17, 15) is 10.2 Å². The van der Waals surface area contributed by atoms with E-state index >= 15 is 0 Å². The van der Waals surface area contributed by atoms with E-state index in [4.69, 9.17) is 9.47 Å². The highest BCUT2D eigenvalue weighted by Crippen LogP contribution is 2.39. The molecule has 0 fully saturated rings. The molecule has 0 aliphatic carbocycles. The molecule has 25 heavy (non-hydrogen) atoms. The Kier molecular flexibility index (Phi) is 18.4. The summed E-state index contributed by atoms with van der Waals surface area (Å²) in [5.74, 6) is 0. The molecule has 0 aromatic heterocycles. The van der Waals surface area contributed by atoms with Gasteiger partial charge in [0.05, 0.1) is 13.2 Å². The molecule has 0 rings (SSSR count). The van der Waals surface area contributed by atoms with Crippen molar-refractivity contribution in [2.75, 3.05) is 66.8 Å². The van der Waals surface area contributed by atoms with E-state index in [1.165, 1.54) is 0 Å². The Hall–Kier alpha value is -0.240. The van der Waals surface area contributed by atoms with Crippen LogP contribution in [0.3, 0.4) is 0 Å². The van der Waals surface area contributed by atoms with Crippen molar-refractivity contribution < 1.29 is 19.7 Å². The first kappa shape index (κ1) is 24.8. The second kappa shape index (κ2) is 18.5. The van der Waals surface area contributed by atoms with E-state index in [0.29, 0.717) is 0 Å². The van der Waals surface area contributed by atoms with E-state index in [-0.39, 0.29) is 18.6 Å². The van der Waals surface area contributed by atoms with Gasteiger partial charge in [0.1, 0.15) is 0 Å². The average Bonchev–Trinajstić information content (AvgIpc) is 2.63. The zero-order chi connectivity index (χ0) is 18.6. The van der Waals surface area contributed by atoms with E-state index in [1.54, 1.807) is 0 Å². The van der Waals surface area contributed by atoms with Crippen LogP contribution in [0.15, 0.2) is 0 Å². The molecule has 0 aliphatic heterocycles. The van der Waals surface area contributed by atoms with E-state index in [0.717, 1.165) is 90.9 Å². The minimum atomic E-state index is 0.185. The van der Waals surface area contributed by atoms with Gasteiger partial charge in [0, 0.05) is 39.5 Å². The van der Waals surface area contributed by atoms with Crippen LogP contribution in [0.4, 0.5) is 0 Å². The lowest BCUT2D eigenvalue weighted by molar-refractivity contribution is 0.0844. The van der Waals surface area contributed by atoms with Crippen LogP contribution in [0.25, 0.3) is 0 Å². The van der Waals surface area contributed by atoms with E-state index in [2.05, 4.69) is 10.6 Å². The van der Waals surface area contributed by atoms with Crippen LogP contribution in [-0.4, -0.2) is 77.0 Å². The molecule has 0 saturated heterocycles. The zero-order valence-corrected chi connectivity index (χ0v) is 16.5. The molecule has 0 unspecified atom stereocenters. The fourth-order valence-electron chi connectivity index (χ4n) is 3.31. The largest absolute Gasteiger partial charge is 0.396 e. The van der Waals surface area contributed by atoms with Crippen LogP contribution in [0, 0.1) is 5.41 Å². The predicted molar refractivity (Wildman–Crippen MR) is 103 cm³/mol. The number of rotatable bonds is 20. The lowest BCUT2D eigenvalue weighted by Gasteiger charge is -2.34. The predicted octanol–water partition coefficient (Wildman–Crippen LogP) is 1.55. The molecule has 0 aromatic rings. The number of hydrogen-bond acceptors (Lipinski definition) is 6. The van der Waals surface area contributed by atoms with Crippen molar-refractivity contribution in [3.8, 4) is 0 Å². The van der Waals surface area contributed by atoms with Crippen molar-refractivity contribution in [3.05, 3.63) is 0 Å². The summed E-state index contributed by atoms with van der Waals surface area (Å²) in [5.41, 5.74) is 0.185. The summed E-state index contributed by atoms with van der Waals surface area (Å²) in [6.45, 7) is 5.28. The summed E-state index contributed by atoms with van der Waals surface area (Å²) >= 11 is 0. The van der Waals surface area contributed by atoms with Gasteiger partial charge in [-0.1, -0.05) is 0 Å². The van der Waals surface area contributed by atoms with Gasteiger partial charge in [0.2, 0.25) is 0 Å². The second-order valence-corrected chi connectivity index (χ2v) is 6.79. The average molecular weight is 363 g/mol. The molecule has 0 amide bonds. The summed E-state index contributed by atoms with van der Waals surface area (Å²) in [5, 5.41) is 24.7. The van der Waals surface area contributed by atoms with Crippen molar-refractivity contribution in [1.29, 1.82) is 0 Å². The molecular weight excluding hydrogens is 320 g/mol. The second-order valence-electron chi connectivity index (χ2n) is 6.79. The first-order valence-corrected chi connectivity index (χ1v) is 9.91. The van der Waals surface area contributed by atoms with Crippen molar-refractivity contribution >= 4 is 0 Å². The summed E-state index contributed by atoms with van der Waals surface area (Å²) in [4.78, 5) is 0. The summed E-state index contributed by atoms with van der Waals surface area (Å²) < 4.78 is 11.3. The third kappa shape index (κ3) is 14.6. The molecule has 0 heterocycles. The molecule has 6 nitrogen and oxygen atoms in total. The SMILES string of the molecule is CNCCOCCCC(CCCO)(CCCO)CCCOCCNC. The lowest BCUT2D eigenvalue weighted by atomic mass is 9.72. The van der Waals surface area contributed by atoms with Crippen molar-refractivity contribution in [3.63, 3.8) is 0 Å². The van der Waals surface area contributed by atoms with E-state index in [1.807, 2.05) is 14.1 Å². The molecule has 0 aromatic carbocycles. The molecule has 0 atom stereocenters. The van der Waals surface area contributed by atoms with Gasteiger partial charge in [-0.05, 0) is 70.9 Å². The smallest absolute Gasteiger partial charge is 0.0590 e. The molecule has 4 N–H and O–H groups in total. The lowest BCUT2D eigenvalue weighted by Crippen LogP contribution is -2.24. The Morgan fingerprint density at radius 1 is 0.640 bits per heavy atom. The third-order valence-electron chi connectivity index (χ3n) is 4.71. The monoisotopic (exact) mass is 362 g/mol. The maximum atomic E-state index is 9.28. The van der Waals surface area contributed by atoms with Gasteiger partial charge in [0.15, 0.2) is 0 Å². The normalized spacial score (nSPS) is 12.0. The number of aliphatic hydroxyl groups excluding tert-OH is 2. The molecular formula is C19H42N2O4. The number of aliphatic hydroxyl groups is 2. The Morgan fingerprint density at radius 2 is 1.04 bits per heavy atom. The number of likely N-dealkylation sites (N-methyl/N-ethyl adjacent to an activating group) is 2. The fraction of sp³-hybridized carbons (Fsp3) is 1.00. The molecule has 0 saturated carbocycles. The van der Waals surface area contributed by atoms with Gasteiger partial charge in [0.25, 0.3) is 0 Å². The molecule has 6 heteroatoms. The van der Waals surface area contributed by atoms with Crippen LogP contribution in [0.1, 0.15) is 51.4 Å². The number of ether oxygens (including phenoxy) is 2. The zero-order valence-electron chi connectivity index (χ0n) is 16.5. The Balaban J connectivity index is 4.35. The van der Waals surface area contributed by atoms with Gasteiger partial charge < -0.3 is 30.3 Å². The summed E-state index contributed by atoms with van der Waals surface area (Å²) in [6.07, 6.45) is 7.90. The van der Waals surface area contributed by atoms with Gasteiger partial charge in [-0.15, -0.1) is 0 Å². The molecule has 0 radical (unpaired) electrons. The highest BCUT2D eigenvalue weighted by atomic mass is 16.5. The highest BCUT2D eigenvalue weighted by Gasteiger charge is 2.28. The molecule has 152 valence electrons. The molecule has 0 bridgehead atoms. The third-order valence-corrected chi connectivity index (χ3v) is 4.71. The quantitative estimate of drug-likeness (QED) is 0.246. The van der Waals surface area contributed by atoms with E-state index < -0.39 is 0 Å². The standard InChI is InChI=1S/C19H42N2O4/c1-20-11-17-24-15-5-9-19(7-3-13-22,8-4-14-23)10-6-16-25-18-12-21-2/h20-23H,3-18H2,1-2H3. The maximum absolute atomic E-state index is 9.28. The Bertz CT molecular complexity index is 242. The van der Waals surface area contributed by atoms with Gasteiger partial charge in [-0.3, -0.25) is 0 Å². The van der Waals surface area contributed by atoms with Crippen LogP contribution >= 0.6 is 0 Å². The topological polar surface area (TPSA) is 83.0 Å². The Morgan fingerprint density at radius 3 is 1.40 bits per heavy atom. The molecule has 0 aliphatic rings. The first-order chi connectivity index (χ1) is 12.2. The Labute approximate surface area is 154 Å². The maximum Gasteiger partial charge on any atom is 0.0590 e. The van der Waals surface area contributed by atoms with Crippen LogP contribution in [0.5, 0.6) is 0 Å². The number of hydrogen-bond donors (Lipinski definition) is 4.